The van der Waals surface area contributed by atoms with Crippen molar-refractivity contribution in [1.29, 1.82) is 0 Å². The van der Waals surface area contributed by atoms with E-state index in [0.29, 0.717) is 48.4 Å². The molecule has 4 saturated heterocycles. The van der Waals surface area contributed by atoms with Crippen LogP contribution in [0.5, 0.6) is 0 Å². The fourth-order valence-corrected chi connectivity index (χ4v) is 9.70. The van der Waals surface area contributed by atoms with E-state index in [4.69, 9.17) is 49.6 Å². The number of nitrogens with one attached hydrogen (secondary N) is 1. The summed E-state index contributed by atoms with van der Waals surface area (Å²) in [6.45, 7) is 5.75. The lowest BCUT2D eigenvalue weighted by atomic mass is 10.00. The van der Waals surface area contributed by atoms with Crippen LogP contribution in [0.25, 0.3) is 11.2 Å². The van der Waals surface area contributed by atoms with Gasteiger partial charge in [0.1, 0.15) is 49.1 Å². The van der Waals surface area contributed by atoms with Gasteiger partial charge >= 0.3 is 0 Å². The van der Waals surface area contributed by atoms with Gasteiger partial charge in [0, 0.05) is 31.4 Å². The second-order valence-corrected chi connectivity index (χ2v) is 18.4. The van der Waals surface area contributed by atoms with Gasteiger partial charge in [0.05, 0.1) is 19.5 Å². The van der Waals surface area contributed by atoms with Crippen molar-refractivity contribution >= 4 is 38.5 Å². The Hall–Kier alpha value is -3.78. The van der Waals surface area contributed by atoms with Crippen LogP contribution in [0.1, 0.15) is 75.2 Å². The van der Waals surface area contributed by atoms with Crippen LogP contribution < -0.4 is 20.8 Å². The predicted molar refractivity (Wildman–Crippen MR) is 196 cm³/mol. The average Bonchev–Trinajstić information content (AvgIpc) is 3.47. The molecule has 7 heterocycles. The number of fused-ring (bicyclic) bond motifs is 3. The molecule has 2 aromatic heterocycles. The number of imidazole rings is 1. The van der Waals surface area contributed by atoms with Crippen LogP contribution in [0, 0.1) is 12.3 Å². The van der Waals surface area contributed by atoms with Gasteiger partial charge in [-0.1, -0.05) is 12.1 Å². The third kappa shape index (κ3) is 8.99. The minimum absolute atomic E-state index is 0.223. The normalized spacial score (nSPS) is 31.6. The molecule has 3 N–H and O–H groups in total. The Morgan fingerprint density at radius 1 is 0.932 bits per heavy atom. The lowest BCUT2D eigenvalue weighted by Crippen LogP contribution is -2.34. The zero-order chi connectivity index (χ0) is 42.0. The molecule has 22 nitrogen and oxygen atoms in total. The molecule has 1 aromatic carbocycles. The number of nitrogens with zero attached hydrogens (tertiary/aromatic N) is 6. The van der Waals surface area contributed by atoms with Crippen molar-refractivity contribution in [3.63, 3.8) is 0 Å². The van der Waals surface area contributed by atoms with Crippen molar-refractivity contribution in [2.45, 2.75) is 113 Å². The summed E-state index contributed by atoms with van der Waals surface area (Å²) in [5, 5.41) is 11.6. The molecular weight excluding hydrogens is 818 g/mol. The molecule has 24 heteroatoms. The van der Waals surface area contributed by atoms with E-state index in [0.717, 1.165) is 0 Å². The fraction of sp³-hybridized carbons (Fsp3) is 0.600. The first-order valence-corrected chi connectivity index (χ1v) is 21.6. The van der Waals surface area contributed by atoms with Gasteiger partial charge in [-0.15, -0.1) is 12.3 Å². The van der Waals surface area contributed by atoms with Gasteiger partial charge in [-0.2, -0.15) is 10.2 Å². The summed E-state index contributed by atoms with van der Waals surface area (Å²) in [6, 6.07) is 6.36. The number of hydrogen-bond donors (Lipinski definition) is 2. The number of hydrogen-bond acceptors (Lipinski definition) is 20. The molecule has 0 spiro atoms. The minimum Gasteiger partial charge on any atom is -0.756 e. The Morgan fingerprint density at radius 2 is 1.58 bits per heavy atom. The average molecular weight is 861 g/mol. The van der Waals surface area contributed by atoms with E-state index in [-0.39, 0.29) is 5.56 Å². The van der Waals surface area contributed by atoms with Gasteiger partial charge in [0.2, 0.25) is 5.91 Å². The maximum atomic E-state index is 13.0. The smallest absolute Gasteiger partial charge is 0.274 e. The highest BCUT2D eigenvalue weighted by Gasteiger charge is 2.57. The minimum atomic E-state index is -5.60. The van der Waals surface area contributed by atoms with Crippen LogP contribution in [0.3, 0.4) is 0 Å². The van der Waals surface area contributed by atoms with Gasteiger partial charge in [-0.25, -0.2) is 19.3 Å². The standard InChI is InChI=1S/C35H44N8O14P2/c1-6-7-11-35(41-42-35)12-13-37-30-23-31(39-17-38-30)43(18-40-23)32-28-26(54-34(4,5)56-28)22(52-32)16-50-59(47,48)57-58(45,46)49-15-21-25-27(55-33(2,3)53-25)24(51-21)19-9-8-10-20(14-19)29(36)44/h1,8-10,14,17-18,21-22,24-28,32H,7,11-13,15-16H2,2-5H3,(H2,36,44)(H,45,46)(H,47,48)(H,37,38,39)/p-2/t21-,22+,24+,25?,26-,27-,28?,32+/m1/s1. The number of phosphoric acid groups is 2. The molecule has 8 rings (SSSR count). The lowest BCUT2D eigenvalue weighted by Gasteiger charge is -2.32. The lowest BCUT2D eigenvalue weighted by molar-refractivity contribution is -0.248. The molecule has 5 aliphatic rings. The van der Waals surface area contributed by atoms with Crippen LogP contribution >= 0.6 is 15.6 Å². The summed E-state index contributed by atoms with van der Waals surface area (Å²) in [5.41, 5.74) is 6.51. The molecule has 10 atom stereocenters. The van der Waals surface area contributed by atoms with Gasteiger partial charge in [-0.3, -0.25) is 18.5 Å². The number of phosphoric ester groups is 2. The number of anilines is 1. The van der Waals surface area contributed by atoms with Crippen molar-refractivity contribution in [1.82, 2.24) is 19.5 Å². The zero-order valence-electron chi connectivity index (χ0n) is 32.3. The summed E-state index contributed by atoms with van der Waals surface area (Å²) in [7, 11) is -11.2. The topological polar surface area (TPSA) is 287 Å². The summed E-state index contributed by atoms with van der Waals surface area (Å²) >= 11 is 0. The second kappa shape index (κ2) is 15.6. The third-order valence-corrected chi connectivity index (χ3v) is 12.8. The highest BCUT2D eigenvalue weighted by molar-refractivity contribution is 7.59. The number of aromatic nitrogens is 4. The first-order chi connectivity index (χ1) is 27.9. The van der Waals surface area contributed by atoms with E-state index in [1.807, 2.05) is 0 Å². The molecule has 4 fully saturated rings. The van der Waals surface area contributed by atoms with Crippen LogP contribution in [-0.4, -0.2) is 99.0 Å². The van der Waals surface area contributed by atoms with Crippen molar-refractivity contribution in [2.24, 2.45) is 16.0 Å². The van der Waals surface area contributed by atoms with Gasteiger partial charge in [-0.05, 0) is 45.4 Å². The highest BCUT2D eigenvalue weighted by Crippen LogP contribution is 2.57. The number of rotatable bonds is 17. The summed E-state index contributed by atoms with van der Waals surface area (Å²) in [5.74, 6) is 0.221. The third-order valence-electron chi connectivity index (χ3n) is 10.3. The van der Waals surface area contributed by atoms with Crippen LogP contribution in [0.2, 0.25) is 0 Å². The highest BCUT2D eigenvalue weighted by atomic mass is 31.3. The molecule has 0 aliphatic carbocycles. The molecule has 4 unspecified atom stereocenters. The quantitative estimate of drug-likeness (QED) is 0.145. The summed E-state index contributed by atoms with van der Waals surface area (Å²) in [6.07, 6.45) is 2.94. The van der Waals surface area contributed by atoms with Crippen molar-refractivity contribution < 1.29 is 65.5 Å². The van der Waals surface area contributed by atoms with E-state index < -0.39 is 101 Å². The van der Waals surface area contributed by atoms with Crippen LogP contribution in [0.15, 0.2) is 47.1 Å². The summed E-state index contributed by atoms with van der Waals surface area (Å²) in [4.78, 5) is 50.9. The maximum absolute atomic E-state index is 13.0. The number of benzene rings is 1. The first kappa shape index (κ1) is 41.9. The zero-order valence-corrected chi connectivity index (χ0v) is 34.1. The molecular formula is C35H42N8O14P2-2. The molecule has 5 aliphatic heterocycles. The van der Waals surface area contributed by atoms with E-state index in [2.05, 4.69) is 40.7 Å². The maximum Gasteiger partial charge on any atom is 0.274 e. The first-order valence-electron chi connectivity index (χ1n) is 18.7. The predicted octanol–water partition coefficient (Wildman–Crippen LogP) is 2.37. The molecule has 3 aromatic rings. The van der Waals surface area contributed by atoms with Crippen molar-refractivity contribution in [2.75, 3.05) is 25.1 Å². The molecule has 318 valence electrons. The number of primary amides is 1. The Morgan fingerprint density at radius 3 is 2.24 bits per heavy atom. The largest absolute Gasteiger partial charge is 0.756 e. The van der Waals surface area contributed by atoms with Gasteiger partial charge in [0.25, 0.3) is 15.6 Å². The van der Waals surface area contributed by atoms with E-state index in [9.17, 15) is 23.7 Å². The Balaban J connectivity index is 0.898. The molecule has 59 heavy (non-hydrogen) atoms. The van der Waals surface area contributed by atoms with Crippen LogP contribution in [-0.2, 0) is 50.9 Å². The molecule has 0 radical (unpaired) electrons. The Bertz CT molecular complexity index is 2260. The van der Waals surface area contributed by atoms with Gasteiger partial charge < -0.3 is 58.3 Å². The van der Waals surface area contributed by atoms with Crippen molar-refractivity contribution in [3.8, 4) is 12.3 Å². The Kier molecular flexibility index (Phi) is 11.1. The number of terminal acetylenes is 1. The Labute approximate surface area is 337 Å². The van der Waals surface area contributed by atoms with Crippen molar-refractivity contribution in [3.05, 3.63) is 48.0 Å². The monoisotopic (exact) mass is 860 g/mol. The molecule has 0 bridgehead atoms. The van der Waals surface area contributed by atoms with Crippen LogP contribution in [0.4, 0.5) is 5.82 Å². The number of carbonyl (C=O) groups is 1. The molecule has 1 amide bonds. The van der Waals surface area contributed by atoms with Gasteiger partial charge in [0.15, 0.2) is 40.4 Å². The summed E-state index contributed by atoms with van der Waals surface area (Å²) < 4.78 is 78.5. The van der Waals surface area contributed by atoms with E-state index >= 15 is 0 Å². The SMILES string of the molecule is C#CCCC1(CCNc2ncnc3c2ncn3[C@H]2O[C@@H](COP(=O)([O-])OP(=O)([O-])OC[C@H]3O[C@@H](c4cccc(C(N)=O)c4)[C@H]4OC(C)(C)OC34)[C@H]3OC(C)(C)OC32)N=N1. The fourth-order valence-electron chi connectivity index (χ4n) is 7.69. The van der Waals surface area contributed by atoms with E-state index in [1.54, 1.807) is 44.4 Å². The number of carbonyl (C=O) groups excluding carboxylic acids is 1. The second-order valence-electron chi connectivity index (χ2n) is 15.5. The number of ether oxygens (including phenoxy) is 6. The van der Waals surface area contributed by atoms with E-state index in [1.165, 1.54) is 24.8 Å². The number of nitrogens with two attached hydrogens (primary N) is 1. The molecule has 0 saturated carbocycles. The number of amides is 1.